The number of para-hydroxylation sites is 2. The highest BCUT2D eigenvalue weighted by molar-refractivity contribution is 5.93. The molecule has 1 aliphatic rings. The predicted molar refractivity (Wildman–Crippen MR) is 102 cm³/mol. The van der Waals surface area contributed by atoms with Crippen LogP contribution in [0.2, 0.25) is 0 Å². The molecule has 6 heteroatoms. The summed E-state index contributed by atoms with van der Waals surface area (Å²) in [5.41, 5.74) is 4.15. The van der Waals surface area contributed by atoms with Crippen molar-refractivity contribution in [2.75, 3.05) is 13.1 Å². The summed E-state index contributed by atoms with van der Waals surface area (Å²) in [6, 6.07) is 11.8. The van der Waals surface area contributed by atoms with E-state index in [0.29, 0.717) is 18.8 Å². The molecular weight excluding hydrogens is 340 g/mol. The molecule has 0 aliphatic carbocycles. The van der Waals surface area contributed by atoms with E-state index < -0.39 is 0 Å². The van der Waals surface area contributed by atoms with Crippen molar-refractivity contribution in [2.24, 2.45) is 0 Å². The number of fused-ring (bicyclic) bond motifs is 2. The van der Waals surface area contributed by atoms with Crippen molar-refractivity contribution in [3.8, 4) is 0 Å². The second-order valence-corrected chi connectivity index (χ2v) is 7.18. The molecule has 1 amide bonds. The molecule has 0 bridgehead atoms. The Morgan fingerprint density at radius 2 is 1.89 bits per heavy atom. The highest BCUT2D eigenvalue weighted by atomic mass is 16.3. The highest BCUT2D eigenvalue weighted by Crippen LogP contribution is 2.30. The first-order chi connectivity index (χ1) is 13.2. The molecule has 1 saturated heterocycles. The Morgan fingerprint density at radius 1 is 1.07 bits per heavy atom. The molecule has 0 saturated carbocycles. The summed E-state index contributed by atoms with van der Waals surface area (Å²) < 4.78 is 7.82. The number of carbonyl (C=O) groups excluding carboxylic acids is 1. The summed E-state index contributed by atoms with van der Waals surface area (Å²) >= 11 is 0. The number of benzene rings is 1. The Morgan fingerprint density at radius 3 is 2.70 bits per heavy atom. The monoisotopic (exact) mass is 360 g/mol. The van der Waals surface area contributed by atoms with E-state index in [1.54, 1.807) is 0 Å². The molecule has 1 fully saturated rings. The van der Waals surface area contributed by atoms with Crippen LogP contribution in [0.1, 0.15) is 40.7 Å². The fraction of sp³-hybridized carbons (Fsp3) is 0.286. The molecule has 0 N–H and O–H groups in total. The Bertz CT molecular complexity index is 1100. The zero-order valence-corrected chi connectivity index (χ0v) is 15.1. The van der Waals surface area contributed by atoms with E-state index in [-0.39, 0.29) is 11.8 Å². The number of nitrogens with zero attached hydrogens (tertiary/aromatic N) is 4. The third-order valence-corrected chi connectivity index (χ3v) is 5.26. The quantitative estimate of drug-likeness (QED) is 0.545. The first-order valence-corrected chi connectivity index (χ1v) is 9.27. The fourth-order valence-electron chi connectivity index (χ4n) is 3.76. The van der Waals surface area contributed by atoms with Gasteiger partial charge in [-0.2, -0.15) is 0 Å². The van der Waals surface area contributed by atoms with Crippen LogP contribution in [-0.2, 0) is 0 Å². The Balaban J connectivity index is 1.31. The van der Waals surface area contributed by atoms with E-state index in [9.17, 15) is 4.79 Å². The minimum Gasteiger partial charge on any atom is -0.440 e. The lowest BCUT2D eigenvalue weighted by atomic mass is 9.96. The summed E-state index contributed by atoms with van der Waals surface area (Å²) in [5, 5.41) is 0. The van der Waals surface area contributed by atoms with Crippen molar-refractivity contribution >= 4 is 22.7 Å². The van der Waals surface area contributed by atoms with Crippen molar-refractivity contribution in [3.63, 3.8) is 0 Å². The van der Waals surface area contributed by atoms with Gasteiger partial charge in [-0.25, -0.2) is 9.97 Å². The lowest BCUT2D eigenvalue weighted by molar-refractivity contribution is 0.0701. The molecule has 4 aromatic rings. The Hall–Kier alpha value is -3.15. The van der Waals surface area contributed by atoms with Crippen LogP contribution in [0.3, 0.4) is 0 Å². The highest BCUT2D eigenvalue weighted by Gasteiger charge is 2.28. The molecule has 0 unspecified atom stereocenters. The molecule has 3 aromatic heterocycles. The number of pyridine rings is 1. The van der Waals surface area contributed by atoms with Crippen LogP contribution in [0.15, 0.2) is 53.2 Å². The normalized spacial score (nSPS) is 15.7. The second kappa shape index (κ2) is 6.23. The number of hydrogen-bond donors (Lipinski definition) is 0. The Kier molecular flexibility index (Phi) is 3.70. The van der Waals surface area contributed by atoms with Gasteiger partial charge in [-0.15, -0.1) is 0 Å². The first-order valence-electron chi connectivity index (χ1n) is 9.27. The number of oxazole rings is 1. The minimum absolute atomic E-state index is 0.00707. The lowest BCUT2D eigenvalue weighted by Gasteiger charge is -2.30. The van der Waals surface area contributed by atoms with Crippen molar-refractivity contribution in [2.45, 2.75) is 25.7 Å². The van der Waals surface area contributed by atoms with Gasteiger partial charge in [-0.3, -0.25) is 4.79 Å². The molecule has 4 heterocycles. The van der Waals surface area contributed by atoms with Crippen molar-refractivity contribution < 1.29 is 9.21 Å². The van der Waals surface area contributed by atoms with Crippen LogP contribution >= 0.6 is 0 Å². The van der Waals surface area contributed by atoms with Gasteiger partial charge in [0, 0.05) is 31.4 Å². The number of aromatic nitrogens is 3. The first kappa shape index (κ1) is 16.1. The average molecular weight is 360 g/mol. The van der Waals surface area contributed by atoms with Gasteiger partial charge >= 0.3 is 0 Å². The largest absolute Gasteiger partial charge is 0.440 e. The predicted octanol–water partition coefficient (Wildman–Crippen LogP) is 3.80. The molecule has 6 nitrogen and oxygen atoms in total. The molecule has 0 radical (unpaired) electrons. The van der Waals surface area contributed by atoms with Gasteiger partial charge in [0.05, 0.1) is 0 Å². The number of carbonyl (C=O) groups is 1. The maximum absolute atomic E-state index is 12.8. The summed E-state index contributed by atoms with van der Waals surface area (Å²) in [7, 11) is 0. The summed E-state index contributed by atoms with van der Waals surface area (Å²) in [4.78, 5) is 23.8. The average Bonchev–Trinajstić information content (AvgIpc) is 3.31. The number of likely N-dealkylation sites (tertiary alicyclic amines) is 1. The molecule has 1 aromatic carbocycles. The van der Waals surface area contributed by atoms with Crippen LogP contribution in [0.5, 0.6) is 0 Å². The van der Waals surface area contributed by atoms with Crippen LogP contribution in [-0.4, -0.2) is 38.3 Å². The molecule has 1 aliphatic heterocycles. The van der Waals surface area contributed by atoms with Crippen LogP contribution in [0.25, 0.3) is 16.7 Å². The fourth-order valence-corrected chi connectivity index (χ4v) is 3.76. The number of imidazole rings is 1. The molecular formula is C21H20N4O2. The van der Waals surface area contributed by atoms with Crippen LogP contribution in [0.4, 0.5) is 0 Å². The van der Waals surface area contributed by atoms with Gasteiger partial charge in [-0.1, -0.05) is 18.2 Å². The third-order valence-electron chi connectivity index (χ3n) is 5.26. The van der Waals surface area contributed by atoms with Gasteiger partial charge in [-0.05, 0) is 43.5 Å². The van der Waals surface area contributed by atoms with E-state index in [2.05, 4.69) is 9.97 Å². The summed E-state index contributed by atoms with van der Waals surface area (Å²) in [5.74, 6) is 1.03. The van der Waals surface area contributed by atoms with Gasteiger partial charge in [0.25, 0.3) is 5.91 Å². The molecule has 0 atom stereocenters. The van der Waals surface area contributed by atoms with Crippen molar-refractivity contribution in [1.82, 2.24) is 19.3 Å². The third kappa shape index (κ3) is 2.87. The number of hydrogen-bond acceptors (Lipinski definition) is 4. The number of rotatable bonds is 2. The Labute approximate surface area is 156 Å². The van der Waals surface area contributed by atoms with Gasteiger partial charge in [0.15, 0.2) is 11.5 Å². The SMILES string of the molecule is Cc1ccc2nc(C(=O)N3CCC(c4nc5ccccc5o4)CC3)cn2c1. The zero-order valence-electron chi connectivity index (χ0n) is 15.1. The van der Waals surface area contributed by atoms with E-state index in [4.69, 9.17) is 4.42 Å². The van der Waals surface area contributed by atoms with Gasteiger partial charge in [0.2, 0.25) is 0 Å². The molecule has 136 valence electrons. The molecule has 27 heavy (non-hydrogen) atoms. The van der Waals surface area contributed by atoms with E-state index in [1.807, 2.05) is 65.0 Å². The van der Waals surface area contributed by atoms with Crippen molar-refractivity contribution in [1.29, 1.82) is 0 Å². The van der Waals surface area contributed by atoms with E-state index in [1.165, 1.54) is 0 Å². The number of aryl methyl sites for hydroxylation is 1. The summed E-state index contributed by atoms with van der Waals surface area (Å²) in [6.45, 7) is 3.40. The summed E-state index contributed by atoms with van der Waals surface area (Å²) in [6.07, 6.45) is 5.51. The molecule has 0 spiro atoms. The topological polar surface area (TPSA) is 63.6 Å². The van der Waals surface area contributed by atoms with E-state index >= 15 is 0 Å². The zero-order chi connectivity index (χ0) is 18.4. The molecule has 5 rings (SSSR count). The van der Waals surface area contributed by atoms with Gasteiger partial charge < -0.3 is 13.7 Å². The maximum atomic E-state index is 12.8. The standard InChI is InChI=1S/C21H20N4O2/c1-14-6-7-19-22-17(13-25(19)12-14)21(26)24-10-8-15(9-11-24)20-23-16-4-2-3-5-18(16)27-20/h2-7,12-13,15H,8-11H2,1H3. The van der Waals surface area contributed by atoms with E-state index in [0.717, 1.165) is 41.0 Å². The van der Waals surface area contributed by atoms with Gasteiger partial charge in [0.1, 0.15) is 16.9 Å². The van der Waals surface area contributed by atoms with Crippen LogP contribution in [0, 0.1) is 6.92 Å². The smallest absolute Gasteiger partial charge is 0.274 e. The minimum atomic E-state index is -0.00707. The lowest BCUT2D eigenvalue weighted by Crippen LogP contribution is -2.38. The van der Waals surface area contributed by atoms with Crippen LogP contribution < -0.4 is 0 Å². The van der Waals surface area contributed by atoms with Crippen molar-refractivity contribution in [3.05, 3.63) is 65.9 Å². The number of piperidine rings is 1. The number of amides is 1. The maximum Gasteiger partial charge on any atom is 0.274 e. The second-order valence-electron chi connectivity index (χ2n) is 7.18.